The molecule has 1 N–H and O–H groups in total. The Labute approximate surface area is 140 Å². The third-order valence-electron chi connectivity index (χ3n) is 3.46. The number of benzene rings is 1. The van der Waals surface area contributed by atoms with Crippen molar-refractivity contribution in [3.63, 3.8) is 0 Å². The fourth-order valence-electron chi connectivity index (χ4n) is 2.31. The SMILES string of the molecule is O=C(O)c1cc2cc(/C=C/c3ccccc3)cnc2nc1C(F)(F)F. The Bertz CT molecular complexity index is 967. The molecule has 25 heavy (non-hydrogen) atoms. The molecule has 0 aliphatic rings. The van der Waals surface area contributed by atoms with Crippen molar-refractivity contribution in [2.24, 2.45) is 0 Å². The van der Waals surface area contributed by atoms with E-state index in [0.717, 1.165) is 11.6 Å². The van der Waals surface area contributed by atoms with Gasteiger partial charge in [-0.2, -0.15) is 13.2 Å². The molecule has 4 nitrogen and oxygen atoms in total. The van der Waals surface area contributed by atoms with E-state index in [0.29, 0.717) is 5.56 Å². The monoisotopic (exact) mass is 344 g/mol. The number of halogens is 3. The van der Waals surface area contributed by atoms with E-state index >= 15 is 0 Å². The minimum atomic E-state index is -4.87. The maximum absolute atomic E-state index is 13.0. The lowest BCUT2D eigenvalue weighted by atomic mass is 10.1. The van der Waals surface area contributed by atoms with E-state index < -0.39 is 23.4 Å². The predicted molar refractivity (Wildman–Crippen MR) is 86.9 cm³/mol. The number of aromatic nitrogens is 2. The summed E-state index contributed by atoms with van der Waals surface area (Å²) in [6.07, 6.45) is 0.0726. The molecule has 126 valence electrons. The normalized spacial score (nSPS) is 12.0. The highest BCUT2D eigenvalue weighted by atomic mass is 19.4. The third kappa shape index (κ3) is 3.65. The molecule has 0 radical (unpaired) electrons. The number of aromatic carboxylic acids is 1. The lowest BCUT2D eigenvalue weighted by Gasteiger charge is -2.10. The van der Waals surface area contributed by atoms with E-state index in [4.69, 9.17) is 5.11 Å². The van der Waals surface area contributed by atoms with Gasteiger partial charge in [0.25, 0.3) is 0 Å². The number of hydrogen-bond acceptors (Lipinski definition) is 3. The lowest BCUT2D eigenvalue weighted by Crippen LogP contribution is -2.15. The first-order valence-electron chi connectivity index (χ1n) is 7.19. The fraction of sp³-hybridized carbons (Fsp3) is 0.0556. The van der Waals surface area contributed by atoms with Gasteiger partial charge in [-0.05, 0) is 23.3 Å². The van der Waals surface area contributed by atoms with Crippen LogP contribution >= 0.6 is 0 Å². The average molecular weight is 344 g/mol. The summed E-state index contributed by atoms with van der Waals surface area (Å²) < 4.78 is 38.9. The molecule has 0 atom stereocenters. The Morgan fingerprint density at radius 1 is 1.04 bits per heavy atom. The molecular weight excluding hydrogens is 333 g/mol. The summed E-state index contributed by atoms with van der Waals surface area (Å²) in [4.78, 5) is 18.4. The molecule has 1 aromatic carbocycles. The largest absolute Gasteiger partial charge is 0.478 e. The van der Waals surface area contributed by atoms with Gasteiger partial charge in [-0.1, -0.05) is 42.5 Å². The van der Waals surface area contributed by atoms with Crippen molar-refractivity contribution >= 4 is 29.2 Å². The van der Waals surface area contributed by atoms with Crippen molar-refractivity contribution in [2.75, 3.05) is 0 Å². The van der Waals surface area contributed by atoms with Gasteiger partial charge >= 0.3 is 12.1 Å². The summed E-state index contributed by atoms with van der Waals surface area (Å²) in [5, 5.41) is 9.26. The zero-order valence-corrected chi connectivity index (χ0v) is 12.7. The summed E-state index contributed by atoms with van der Waals surface area (Å²) in [5.74, 6) is -1.69. The average Bonchev–Trinajstić information content (AvgIpc) is 2.58. The molecule has 0 bridgehead atoms. The van der Waals surface area contributed by atoms with Crippen LogP contribution in [0.15, 0.2) is 48.7 Å². The zero-order chi connectivity index (χ0) is 18.0. The second-order valence-corrected chi connectivity index (χ2v) is 5.25. The summed E-state index contributed by atoms with van der Waals surface area (Å²) in [6.45, 7) is 0. The van der Waals surface area contributed by atoms with Crippen LogP contribution in [0.2, 0.25) is 0 Å². The maximum Gasteiger partial charge on any atom is 0.434 e. The highest BCUT2D eigenvalue weighted by molar-refractivity contribution is 5.94. The number of alkyl halides is 3. The molecule has 0 saturated heterocycles. The lowest BCUT2D eigenvalue weighted by molar-refractivity contribution is -0.141. The minimum Gasteiger partial charge on any atom is -0.478 e. The van der Waals surface area contributed by atoms with E-state index in [1.807, 2.05) is 36.4 Å². The summed E-state index contributed by atoms with van der Waals surface area (Å²) >= 11 is 0. The van der Waals surface area contributed by atoms with Crippen LogP contribution in [0.5, 0.6) is 0 Å². The van der Waals surface area contributed by atoms with E-state index in [2.05, 4.69) is 9.97 Å². The van der Waals surface area contributed by atoms with Gasteiger partial charge in [-0.15, -0.1) is 0 Å². The van der Waals surface area contributed by atoms with Gasteiger partial charge in [0.1, 0.15) is 0 Å². The number of nitrogens with zero attached hydrogens (tertiary/aromatic N) is 2. The fourth-order valence-corrected chi connectivity index (χ4v) is 2.31. The standard InChI is InChI=1S/C18H11F3N2O2/c19-18(20,21)15-14(17(24)25)9-13-8-12(10-22-16(13)23-15)7-6-11-4-2-1-3-5-11/h1-10H,(H,24,25)/b7-6+. The quantitative estimate of drug-likeness (QED) is 0.759. The molecule has 0 aliphatic heterocycles. The summed E-state index contributed by atoms with van der Waals surface area (Å²) in [7, 11) is 0. The Balaban J connectivity index is 2.06. The first-order chi connectivity index (χ1) is 11.8. The molecule has 0 fully saturated rings. The van der Waals surface area contributed by atoms with Crippen molar-refractivity contribution in [1.82, 2.24) is 9.97 Å². The third-order valence-corrected chi connectivity index (χ3v) is 3.46. The molecule has 3 rings (SSSR count). The van der Waals surface area contributed by atoms with Gasteiger partial charge in [-0.25, -0.2) is 14.8 Å². The predicted octanol–water partition coefficient (Wildman–Crippen LogP) is 4.52. The van der Waals surface area contributed by atoms with Crippen molar-refractivity contribution in [3.05, 3.63) is 71.0 Å². The van der Waals surface area contributed by atoms with E-state index in [1.54, 1.807) is 12.1 Å². The van der Waals surface area contributed by atoms with Crippen molar-refractivity contribution in [1.29, 1.82) is 0 Å². The zero-order valence-electron chi connectivity index (χ0n) is 12.7. The van der Waals surface area contributed by atoms with Crippen LogP contribution in [0.25, 0.3) is 23.2 Å². The van der Waals surface area contributed by atoms with Crippen LogP contribution in [0.4, 0.5) is 13.2 Å². The van der Waals surface area contributed by atoms with Crippen LogP contribution in [-0.2, 0) is 6.18 Å². The smallest absolute Gasteiger partial charge is 0.434 e. The van der Waals surface area contributed by atoms with Gasteiger partial charge in [0.05, 0.1) is 5.56 Å². The number of carboxylic acid groups (broad SMARTS) is 1. The molecule has 3 aromatic rings. The number of fused-ring (bicyclic) bond motifs is 1. The number of hydrogen-bond donors (Lipinski definition) is 1. The van der Waals surface area contributed by atoms with Crippen LogP contribution in [0.1, 0.15) is 27.2 Å². The molecule has 0 amide bonds. The van der Waals surface area contributed by atoms with Crippen molar-refractivity contribution < 1.29 is 23.1 Å². The van der Waals surface area contributed by atoms with Gasteiger partial charge < -0.3 is 5.11 Å². The number of pyridine rings is 2. The minimum absolute atomic E-state index is 0.158. The van der Waals surface area contributed by atoms with Gasteiger partial charge in [0.2, 0.25) is 0 Å². The van der Waals surface area contributed by atoms with Crippen molar-refractivity contribution in [2.45, 2.75) is 6.18 Å². The molecule has 2 aromatic heterocycles. The first kappa shape index (κ1) is 16.6. The highest BCUT2D eigenvalue weighted by Crippen LogP contribution is 2.32. The van der Waals surface area contributed by atoms with Crippen LogP contribution in [0, 0.1) is 0 Å². The molecule has 2 heterocycles. The Morgan fingerprint density at radius 3 is 2.36 bits per heavy atom. The maximum atomic E-state index is 13.0. The molecular formula is C18H11F3N2O2. The van der Waals surface area contributed by atoms with Crippen LogP contribution in [0.3, 0.4) is 0 Å². The molecule has 0 aliphatic carbocycles. The highest BCUT2D eigenvalue weighted by Gasteiger charge is 2.37. The number of carbonyl (C=O) groups is 1. The Morgan fingerprint density at radius 2 is 1.72 bits per heavy atom. The number of rotatable bonds is 3. The van der Waals surface area contributed by atoms with E-state index in [9.17, 15) is 18.0 Å². The van der Waals surface area contributed by atoms with E-state index in [1.165, 1.54) is 6.20 Å². The summed E-state index contributed by atoms with van der Waals surface area (Å²) in [5.41, 5.74) is -0.943. The second kappa shape index (κ2) is 6.35. The van der Waals surface area contributed by atoms with Gasteiger partial charge in [0, 0.05) is 11.6 Å². The number of carboxylic acids is 1. The van der Waals surface area contributed by atoms with E-state index in [-0.39, 0.29) is 11.0 Å². The second-order valence-electron chi connectivity index (χ2n) is 5.25. The molecule has 0 saturated carbocycles. The first-order valence-corrected chi connectivity index (χ1v) is 7.19. The van der Waals surface area contributed by atoms with Gasteiger partial charge in [0.15, 0.2) is 11.3 Å². The molecule has 0 spiro atoms. The molecule has 7 heteroatoms. The molecule has 0 unspecified atom stereocenters. The topological polar surface area (TPSA) is 63.1 Å². The van der Waals surface area contributed by atoms with Crippen LogP contribution < -0.4 is 0 Å². The Kier molecular flexibility index (Phi) is 4.22. The Hall–Kier alpha value is -3.22. The van der Waals surface area contributed by atoms with Crippen molar-refractivity contribution in [3.8, 4) is 0 Å². The van der Waals surface area contributed by atoms with Gasteiger partial charge in [-0.3, -0.25) is 0 Å². The summed E-state index contributed by atoms with van der Waals surface area (Å²) in [6, 6.07) is 11.9. The van der Waals surface area contributed by atoms with Crippen LogP contribution in [-0.4, -0.2) is 21.0 Å².